The Labute approximate surface area is 134 Å². The first kappa shape index (κ1) is 16.2. The third kappa shape index (κ3) is 2.56. The molecule has 0 spiro atoms. The molecule has 2 N–H and O–H groups in total. The van der Waals surface area contributed by atoms with Crippen molar-refractivity contribution in [2.45, 2.75) is 18.2 Å². The maximum Gasteiger partial charge on any atom is 0.417 e. The highest BCUT2D eigenvalue weighted by atomic mass is 19.4. The molecule has 1 atom stereocenters. The van der Waals surface area contributed by atoms with Gasteiger partial charge in [-0.2, -0.15) is 13.2 Å². The molecule has 0 unspecified atom stereocenters. The van der Waals surface area contributed by atoms with Gasteiger partial charge in [0.2, 0.25) is 0 Å². The van der Waals surface area contributed by atoms with E-state index >= 15 is 0 Å². The Bertz CT molecular complexity index is 832. The summed E-state index contributed by atoms with van der Waals surface area (Å²) < 4.78 is 39.1. The van der Waals surface area contributed by atoms with Crippen molar-refractivity contribution in [2.75, 3.05) is 5.32 Å². The van der Waals surface area contributed by atoms with Crippen LogP contribution in [0.2, 0.25) is 0 Å². The number of nitrogens with one attached hydrogen (secondary N) is 1. The minimum atomic E-state index is -4.70. The summed E-state index contributed by atoms with van der Waals surface area (Å²) in [5, 5.41) is 13.0. The third-order valence-corrected chi connectivity index (χ3v) is 3.95. The van der Waals surface area contributed by atoms with Crippen molar-refractivity contribution in [1.82, 2.24) is 0 Å². The van der Waals surface area contributed by atoms with Crippen molar-refractivity contribution in [3.63, 3.8) is 0 Å². The number of amides is 1. The lowest BCUT2D eigenvalue weighted by molar-refractivity contribution is -0.138. The minimum absolute atomic E-state index is 0.174. The molecule has 1 heterocycles. The number of para-hydroxylation sites is 1. The second kappa shape index (κ2) is 5.45. The zero-order valence-electron chi connectivity index (χ0n) is 12.2. The summed E-state index contributed by atoms with van der Waals surface area (Å²) in [5.74, 6) is -1.79. The normalized spacial score (nSPS) is 19.8. The average Bonchev–Trinajstić information content (AvgIpc) is 2.78. The zero-order valence-corrected chi connectivity index (χ0v) is 12.2. The van der Waals surface area contributed by atoms with Crippen LogP contribution in [0, 0.1) is 0 Å². The van der Waals surface area contributed by atoms with Crippen LogP contribution in [0.1, 0.15) is 27.9 Å². The highest BCUT2D eigenvalue weighted by Gasteiger charge is 2.47. The molecule has 2 aromatic rings. The Balaban J connectivity index is 1.98. The number of fused-ring (bicyclic) bond motifs is 1. The molecule has 2 aromatic carbocycles. The second-order valence-corrected chi connectivity index (χ2v) is 5.50. The molecule has 1 aliphatic heterocycles. The van der Waals surface area contributed by atoms with Crippen LogP contribution in [0.25, 0.3) is 0 Å². The number of anilines is 1. The van der Waals surface area contributed by atoms with E-state index < -0.39 is 41.0 Å². The molecule has 1 aliphatic rings. The van der Waals surface area contributed by atoms with Gasteiger partial charge < -0.3 is 10.4 Å². The number of hydrogen-bond donors (Lipinski definition) is 2. The van der Waals surface area contributed by atoms with Crippen molar-refractivity contribution in [3.05, 3.63) is 65.2 Å². The molecule has 24 heavy (non-hydrogen) atoms. The number of ketones is 1. The summed E-state index contributed by atoms with van der Waals surface area (Å²) in [6.07, 6.45) is -5.48. The summed E-state index contributed by atoms with van der Waals surface area (Å²) in [7, 11) is 0. The summed E-state index contributed by atoms with van der Waals surface area (Å²) in [6, 6.07) is 10.5. The maximum absolute atomic E-state index is 13.0. The number of carbonyl (C=O) groups is 2. The number of Topliss-reactive ketones (excluding diaryl/α,β-unsaturated/α-hetero) is 1. The predicted molar refractivity (Wildman–Crippen MR) is 79.4 cm³/mol. The van der Waals surface area contributed by atoms with Gasteiger partial charge in [-0.15, -0.1) is 0 Å². The van der Waals surface area contributed by atoms with E-state index in [9.17, 15) is 27.9 Å². The smallest absolute Gasteiger partial charge is 0.375 e. The second-order valence-electron chi connectivity index (χ2n) is 5.50. The van der Waals surface area contributed by atoms with E-state index in [1.54, 1.807) is 18.2 Å². The number of hydrogen-bond acceptors (Lipinski definition) is 3. The molecule has 0 aromatic heterocycles. The van der Waals surface area contributed by atoms with Gasteiger partial charge in [-0.05, 0) is 12.1 Å². The van der Waals surface area contributed by atoms with Crippen LogP contribution in [0.15, 0.2) is 48.5 Å². The summed E-state index contributed by atoms with van der Waals surface area (Å²) in [6.45, 7) is 0. The van der Waals surface area contributed by atoms with Crippen LogP contribution in [-0.2, 0) is 16.6 Å². The molecule has 0 bridgehead atoms. The Morgan fingerprint density at radius 3 is 2.42 bits per heavy atom. The van der Waals surface area contributed by atoms with E-state index in [2.05, 4.69) is 5.32 Å². The van der Waals surface area contributed by atoms with Crippen LogP contribution < -0.4 is 5.32 Å². The molecule has 3 rings (SSSR count). The number of alkyl halides is 3. The average molecular weight is 335 g/mol. The lowest BCUT2D eigenvalue weighted by atomic mass is 9.87. The fourth-order valence-electron chi connectivity index (χ4n) is 2.78. The van der Waals surface area contributed by atoms with Gasteiger partial charge in [0.1, 0.15) is 0 Å². The summed E-state index contributed by atoms with van der Waals surface area (Å²) in [4.78, 5) is 24.5. The van der Waals surface area contributed by atoms with Crippen molar-refractivity contribution < 1.29 is 27.9 Å². The lowest BCUT2D eigenvalue weighted by Gasteiger charge is -2.21. The van der Waals surface area contributed by atoms with Gasteiger partial charge in [0.15, 0.2) is 11.4 Å². The van der Waals surface area contributed by atoms with Crippen molar-refractivity contribution >= 4 is 17.4 Å². The Morgan fingerprint density at radius 2 is 1.71 bits per heavy atom. The lowest BCUT2D eigenvalue weighted by Crippen LogP contribution is -2.36. The number of halogens is 3. The van der Waals surface area contributed by atoms with Crippen LogP contribution in [0.5, 0.6) is 0 Å². The fraction of sp³-hybridized carbons (Fsp3) is 0.176. The molecule has 1 amide bonds. The molecule has 0 saturated carbocycles. The van der Waals surface area contributed by atoms with Crippen LogP contribution in [-0.4, -0.2) is 16.8 Å². The Kier molecular flexibility index (Phi) is 3.68. The van der Waals surface area contributed by atoms with Gasteiger partial charge in [-0.3, -0.25) is 9.59 Å². The van der Waals surface area contributed by atoms with Gasteiger partial charge in [-0.1, -0.05) is 36.4 Å². The van der Waals surface area contributed by atoms with E-state index in [4.69, 9.17) is 0 Å². The van der Waals surface area contributed by atoms with Gasteiger partial charge in [-0.25, -0.2) is 0 Å². The standard InChI is InChI=1S/C17H12F3NO3/c18-17(19,20)11-6-2-1-5-10(11)14(22)9-16(24)12-7-3-4-8-13(12)21-15(16)23/h1-8,24H,9H2,(H,21,23)/t16-/m1/s1. The molecule has 4 nitrogen and oxygen atoms in total. The molecule has 124 valence electrons. The zero-order chi connectivity index (χ0) is 17.5. The van der Waals surface area contributed by atoms with E-state index in [0.717, 1.165) is 12.1 Å². The number of carbonyl (C=O) groups excluding carboxylic acids is 2. The van der Waals surface area contributed by atoms with E-state index in [1.807, 2.05) is 0 Å². The summed E-state index contributed by atoms with van der Waals surface area (Å²) in [5.41, 5.74) is -3.34. The first-order valence-electron chi connectivity index (χ1n) is 7.06. The predicted octanol–water partition coefficient (Wildman–Crippen LogP) is 3.12. The van der Waals surface area contributed by atoms with Gasteiger partial charge in [0.25, 0.3) is 5.91 Å². The monoisotopic (exact) mass is 335 g/mol. The molecular weight excluding hydrogens is 323 g/mol. The quantitative estimate of drug-likeness (QED) is 0.847. The molecule has 0 aliphatic carbocycles. The van der Waals surface area contributed by atoms with Crippen LogP contribution in [0.3, 0.4) is 0 Å². The SMILES string of the molecule is O=C(C[C@]1(O)C(=O)Nc2ccccc21)c1ccccc1C(F)(F)F. The van der Waals surface area contributed by atoms with E-state index in [1.165, 1.54) is 18.2 Å². The topological polar surface area (TPSA) is 66.4 Å². The van der Waals surface area contributed by atoms with Crippen molar-refractivity contribution in [3.8, 4) is 0 Å². The molecular formula is C17H12F3NO3. The van der Waals surface area contributed by atoms with E-state index in [0.29, 0.717) is 5.69 Å². The third-order valence-electron chi connectivity index (χ3n) is 3.95. The maximum atomic E-state index is 13.0. The highest BCUT2D eigenvalue weighted by Crippen LogP contribution is 2.40. The first-order valence-corrected chi connectivity index (χ1v) is 7.06. The molecule has 0 fully saturated rings. The van der Waals surface area contributed by atoms with Gasteiger partial charge >= 0.3 is 6.18 Å². The minimum Gasteiger partial charge on any atom is -0.375 e. The van der Waals surface area contributed by atoms with Gasteiger partial charge in [0, 0.05) is 16.8 Å². The van der Waals surface area contributed by atoms with E-state index in [-0.39, 0.29) is 5.56 Å². The molecule has 7 heteroatoms. The first-order chi connectivity index (χ1) is 11.2. The van der Waals surface area contributed by atoms with Crippen molar-refractivity contribution in [2.24, 2.45) is 0 Å². The largest absolute Gasteiger partial charge is 0.417 e. The molecule has 0 radical (unpaired) electrons. The number of aliphatic hydroxyl groups is 1. The Morgan fingerprint density at radius 1 is 1.08 bits per heavy atom. The highest BCUT2D eigenvalue weighted by molar-refractivity contribution is 6.09. The number of rotatable bonds is 3. The Hall–Kier alpha value is -2.67. The van der Waals surface area contributed by atoms with Crippen molar-refractivity contribution in [1.29, 1.82) is 0 Å². The van der Waals surface area contributed by atoms with Crippen LogP contribution >= 0.6 is 0 Å². The summed E-state index contributed by atoms with van der Waals surface area (Å²) >= 11 is 0. The van der Waals surface area contributed by atoms with Crippen LogP contribution in [0.4, 0.5) is 18.9 Å². The van der Waals surface area contributed by atoms with Gasteiger partial charge in [0.05, 0.1) is 12.0 Å². The number of benzene rings is 2. The fourth-order valence-corrected chi connectivity index (χ4v) is 2.78. The molecule has 0 saturated heterocycles.